The monoisotopic (exact) mass is 290 g/mol. The third-order valence-electron chi connectivity index (χ3n) is 2.39. The average Bonchev–Trinajstić information content (AvgIpc) is 2.33. The molecule has 0 radical (unpaired) electrons. The Bertz CT molecular complexity index is 506. The van der Waals surface area contributed by atoms with Crippen LogP contribution in [0.25, 0.3) is 0 Å². The smallest absolute Gasteiger partial charge is 0.225 e. The molecule has 90 valence electrons. The Hall–Kier alpha value is -0.900. The van der Waals surface area contributed by atoms with Crippen molar-refractivity contribution in [3.05, 3.63) is 16.0 Å². The second-order valence-corrected chi connectivity index (χ2v) is 5.84. The predicted octanol–water partition coefficient (Wildman–Crippen LogP) is 1.22. The molecular formula is C9H8Cl2N4OS. The van der Waals surface area contributed by atoms with E-state index in [9.17, 15) is 4.21 Å². The summed E-state index contributed by atoms with van der Waals surface area (Å²) in [5.41, 5.74) is 0.0633. The van der Waals surface area contributed by atoms with Gasteiger partial charge in [-0.1, -0.05) is 11.6 Å². The van der Waals surface area contributed by atoms with Gasteiger partial charge < -0.3 is 4.90 Å². The molecule has 0 spiro atoms. The molecule has 8 heteroatoms. The van der Waals surface area contributed by atoms with Gasteiger partial charge in [-0.2, -0.15) is 10.2 Å². The number of nitriles is 1. The van der Waals surface area contributed by atoms with Crippen molar-refractivity contribution in [3.63, 3.8) is 0 Å². The van der Waals surface area contributed by atoms with Crippen molar-refractivity contribution >= 4 is 39.8 Å². The van der Waals surface area contributed by atoms with Crippen LogP contribution in [0.1, 0.15) is 5.69 Å². The summed E-state index contributed by atoms with van der Waals surface area (Å²) < 4.78 is 11.3. The molecule has 0 amide bonds. The number of hydrogen-bond acceptors (Lipinski definition) is 5. The number of rotatable bonds is 1. The van der Waals surface area contributed by atoms with E-state index in [4.69, 9.17) is 28.5 Å². The van der Waals surface area contributed by atoms with Crippen LogP contribution in [0.2, 0.25) is 10.3 Å². The van der Waals surface area contributed by atoms with Gasteiger partial charge in [0.15, 0.2) is 11.5 Å². The Kier molecular flexibility index (Phi) is 3.82. The first kappa shape index (κ1) is 12.6. The number of nitrogens with zero attached hydrogens (tertiary/aromatic N) is 4. The van der Waals surface area contributed by atoms with Crippen LogP contribution in [-0.2, 0) is 10.8 Å². The Morgan fingerprint density at radius 2 is 1.94 bits per heavy atom. The first-order chi connectivity index (χ1) is 8.11. The Morgan fingerprint density at radius 3 is 2.53 bits per heavy atom. The molecule has 1 fully saturated rings. The molecule has 0 atom stereocenters. The molecule has 5 nitrogen and oxygen atoms in total. The summed E-state index contributed by atoms with van der Waals surface area (Å²) in [5, 5.41) is 9.05. The van der Waals surface area contributed by atoms with E-state index in [1.54, 1.807) is 0 Å². The van der Waals surface area contributed by atoms with Crippen LogP contribution in [0.15, 0.2) is 0 Å². The van der Waals surface area contributed by atoms with Crippen LogP contribution in [0, 0.1) is 11.3 Å². The van der Waals surface area contributed by atoms with Crippen LogP contribution < -0.4 is 4.90 Å². The summed E-state index contributed by atoms with van der Waals surface area (Å²) in [6.07, 6.45) is 0. The topological polar surface area (TPSA) is 69.9 Å². The highest BCUT2D eigenvalue weighted by Gasteiger charge is 2.21. The SMILES string of the molecule is N#Cc1nc(Cl)nc(N2CCS(=O)CC2)c1Cl. The van der Waals surface area contributed by atoms with Gasteiger partial charge in [-0.25, -0.2) is 4.98 Å². The average molecular weight is 291 g/mol. The van der Waals surface area contributed by atoms with E-state index in [1.165, 1.54) is 0 Å². The van der Waals surface area contributed by atoms with E-state index < -0.39 is 10.8 Å². The summed E-state index contributed by atoms with van der Waals surface area (Å²) in [7, 11) is -0.780. The van der Waals surface area contributed by atoms with Gasteiger partial charge in [0.05, 0.1) is 0 Å². The Morgan fingerprint density at radius 1 is 1.29 bits per heavy atom. The van der Waals surface area contributed by atoms with Crippen molar-refractivity contribution in [1.82, 2.24) is 9.97 Å². The lowest BCUT2D eigenvalue weighted by Crippen LogP contribution is -2.38. The van der Waals surface area contributed by atoms with Crippen molar-refractivity contribution in [2.75, 3.05) is 29.5 Å². The molecule has 0 aliphatic carbocycles. The number of halogens is 2. The van der Waals surface area contributed by atoms with E-state index >= 15 is 0 Å². The first-order valence-electron chi connectivity index (χ1n) is 4.85. The second kappa shape index (κ2) is 5.17. The standard InChI is InChI=1S/C9H8Cl2N4OS/c10-7-6(5-12)13-9(11)14-8(7)15-1-3-17(16)4-2-15/h1-4H2. The van der Waals surface area contributed by atoms with Gasteiger partial charge in [0.2, 0.25) is 5.28 Å². The first-order valence-corrected chi connectivity index (χ1v) is 7.09. The summed E-state index contributed by atoms with van der Waals surface area (Å²) in [6.45, 7) is 1.18. The van der Waals surface area contributed by atoms with Crippen molar-refractivity contribution in [2.24, 2.45) is 0 Å². The van der Waals surface area contributed by atoms with Gasteiger partial charge in [-0.05, 0) is 11.6 Å². The predicted molar refractivity (Wildman–Crippen MR) is 66.9 cm³/mol. The van der Waals surface area contributed by atoms with Gasteiger partial charge in [-0.15, -0.1) is 0 Å². The van der Waals surface area contributed by atoms with E-state index in [2.05, 4.69) is 9.97 Å². The molecule has 1 saturated heterocycles. The Labute approximate surface area is 111 Å². The highest BCUT2D eigenvalue weighted by atomic mass is 35.5. The number of aromatic nitrogens is 2. The quantitative estimate of drug-likeness (QED) is 0.728. The molecule has 0 aromatic carbocycles. The molecule has 2 heterocycles. The van der Waals surface area contributed by atoms with E-state index in [1.807, 2.05) is 11.0 Å². The molecule has 0 bridgehead atoms. The summed E-state index contributed by atoms with van der Waals surface area (Å²) in [4.78, 5) is 9.64. The van der Waals surface area contributed by atoms with Gasteiger partial charge >= 0.3 is 0 Å². The third kappa shape index (κ3) is 2.68. The highest BCUT2D eigenvalue weighted by Crippen LogP contribution is 2.28. The second-order valence-electron chi connectivity index (χ2n) is 3.43. The summed E-state index contributed by atoms with van der Waals surface area (Å²) in [5.74, 6) is 1.58. The summed E-state index contributed by atoms with van der Waals surface area (Å²) >= 11 is 11.8. The molecule has 2 rings (SSSR count). The van der Waals surface area contributed by atoms with Crippen LogP contribution in [0.3, 0.4) is 0 Å². The third-order valence-corrected chi connectivity index (χ3v) is 4.18. The maximum atomic E-state index is 11.3. The lowest BCUT2D eigenvalue weighted by atomic mass is 10.3. The molecule has 17 heavy (non-hydrogen) atoms. The molecule has 0 unspecified atom stereocenters. The lowest BCUT2D eigenvalue weighted by Gasteiger charge is -2.28. The van der Waals surface area contributed by atoms with Crippen molar-refractivity contribution in [2.45, 2.75) is 0 Å². The van der Waals surface area contributed by atoms with Gasteiger partial charge in [-0.3, -0.25) is 4.21 Å². The molecule has 0 N–H and O–H groups in total. The molecule has 1 aromatic heterocycles. The number of hydrogen-bond donors (Lipinski definition) is 0. The maximum absolute atomic E-state index is 11.3. The highest BCUT2D eigenvalue weighted by molar-refractivity contribution is 7.85. The van der Waals surface area contributed by atoms with E-state index in [-0.39, 0.29) is 16.0 Å². The zero-order valence-electron chi connectivity index (χ0n) is 8.69. The maximum Gasteiger partial charge on any atom is 0.225 e. The molecular weight excluding hydrogens is 283 g/mol. The van der Waals surface area contributed by atoms with Crippen molar-refractivity contribution in [3.8, 4) is 6.07 Å². The van der Waals surface area contributed by atoms with Crippen LogP contribution >= 0.6 is 23.2 Å². The Balaban J connectivity index is 2.35. The lowest BCUT2D eigenvalue weighted by molar-refractivity contribution is 0.672. The van der Waals surface area contributed by atoms with Crippen molar-refractivity contribution < 1.29 is 4.21 Å². The number of anilines is 1. The fourth-order valence-corrected chi connectivity index (χ4v) is 3.01. The largest absolute Gasteiger partial charge is 0.353 e. The summed E-state index contributed by atoms with van der Waals surface area (Å²) in [6, 6.07) is 1.87. The van der Waals surface area contributed by atoms with Gasteiger partial charge in [0.1, 0.15) is 11.1 Å². The fourth-order valence-electron chi connectivity index (χ4n) is 1.54. The molecule has 1 aliphatic rings. The normalized spacial score (nSPS) is 16.9. The molecule has 1 aromatic rings. The van der Waals surface area contributed by atoms with Gasteiger partial charge in [0.25, 0.3) is 0 Å². The van der Waals surface area contributed by atoms with Gasteiger partial charge in [0, 0.05) is 35.4 Å². The van der Waals surface area contributed by atoms with Crippen LogP contribution in [0.4, 0.5) is 5.82 Å². The van der Waals surface area contributed by atoms with E-state index in [0.29, 0.717) is 30.4 Å². The van der Waals surface area contributed by atoms with Crippen LogP contribution in [0.5, 0.6) is 0 Å². The van der Waals surface area contributed by atoms with Crippen LogP contribution in [-0.4, -0.2) is 38.8 Å². The minimum Gasteiger partial charge on any atom is -0.353 e. The van der Waals surface area contributed by atoms with E-state index in [0.717, 1.165) is 0 Å². The zero-order valence-corrected chi connectivity index (χ0v) is 11.0. The minimum absolute atomic E-state index is 0.00681. The minimum atomic E-state index is -0.780. The molecule has 0 saturated carbocycles. The fraction of sp³-hybridized carbons (Fsp3) is 0.444. The zero-order chi connectivity index (χ0) is 12.4. The van der Waals surface area contributed by atoms with Crippen molar-refractivity contribution in [1.29, 1.82) is 5.26 Å². The molecule has 1 aliphatic heterocycles.